The zero-order valence-electron chi connectivity index (χ0n) is 16.7. The number of anilines is 3. The molecule has 0 saturated carbocycles. The fraction of sp³-hybridized carbons (Fsp3) is 0.417. The van der Waals surface area contributed by atoms with Crippen LogP contribution in [0.5, 0.6) is 0 Å². The van der Waals surface area contributed by atoms with Crippen LogP contribution in [0.25, 0.3) is 0 Å². The van der Waals surface area contributed by atoms with Gasteiger partial charge in [0.15, 0.2) is 0 Å². The van der Waals surface area contributed by atoms with Gasteiger partial charge in [0.25, 0.3) is 0 Å². The number of carbonyl (C=O) groups excluding carboxylic acids is 2. The van der Waals surface area contributed by atoms with E-state index in [1.165, 1.54) is 24.1 Å². The standard InChI is InChI=1S/C24H27N3O2/c28-23-16-19(24(29)26-15-5-7-18-6-1-2-8-22(18)26)17-27(23)21-11-9-20(10-12-21)25-13-3-4-14-25/h1-2,6,8-12,19H,3-5,7,13-17H2. The van der Waals surface area contributed by atoms with Crippen molar-refractivity contribution in [2.45, 2.75) is 32.1 Å². The molecular weight excluding hydrogens is 362 g/mol. The van der Waals surface area contributed by atoms with E-state index < -0.39 is 0 Å². The predicted octanol–water partition coefficient (Wildman–Crippen LogP) is 3.62. The highest BCUT2D eigenvalue weighted by molar-refractivity contribution is 6.04. The average Bonchev–Trinajstić information content (AvgIpc) is 3.43. The molecule has 2 saturated heterocycles. The van der Waals surface area contributed by atoms with E-state index in [9.17, 15) is 9.59 Å². The lowest BCUT2D eigenvalue weighted by atomic mass is 9.99. The Morgan fingerprint density at radius 2 is 1.59 bits per heavy atom. The van der Waals surface area contributed by atoms with Gasteiger partial charge < -0.3 is 14.7 Å². The van der Waals surface area contributed by atoms with Crippen molar-refractivity contribution in [3.8, 4) is 0 Å². The summed E-state index contributed by atoms with van der Waals surface area (Å²) < 4.78 is 0. The fourth-order valence-corrected chi connectivity index (χ4v) is 4.92. The minimum atomic E-state index is -0.271. The first-order valence-corrected chi connectivity index (χ1v) is 10.8. The third kappa shape index (κ3) is 3.39. The molecule has 0 N–H and O–H groups in total. The van der Waals surface area contributed by atoms with Gasteiger partial charge in [-0.3, -0.25) is 9.59 Å². The van der Waals surface area contributed by atoms with Crippen molar-refractivity contribution >= 4 is 28.9 Å². The minimum Gasteiger partial charge on any atom is -0.372 e. The van der Waals surface area contributed by atoms with Crippen LogP contribution in [0, 0.1) is 5.92 Å². The fourth-order valence-electron chi connectivity index (χ4n) is 4.92. The van der Waals surface area contributed by atoms with Crippen LogP contribution in [0.2, 0.25) is 0 Å². The SMILES string of the molecule is O=C1CC(C(=O)N2CCCc3ccccc32)CN1c1ccc(N2CCCC2)cc1. The summed E-state index contributed by atoms with van der Waals surface area (Å²) in [4.78, 5) is 32.0. The first kappa shape index (κ1) is 18.2. The molecule has 2 aromatic rings. The number of nitrogens with zero attached hydrogens (tertiary/aromatic N) is 3. The molecule has 5 rings (SSSR count). The quantitative estimate of drug-likeness (QED) is 0.805. The lowest BCUT2D eigenvalue weighted by molar-refractivity contribution is -0.124. The Bertz CT molecular complexity index is 918. The maximum atomic E-state index is 13.3. The van der Waals surface area contributed by atoms with Crippen molar-refractivity contribution < 1.29 is 9.59 Å². The largest absolute Gasteiger partial charge is 0.372 e. The van der Waals surface area contributed by atoms with E-state index in [0.717, 1.165) is 43.9 Å². The van der Waals surface area contributed by atoms with Crippen LogP contribution in [0.4, 0.5) is 17.1 Å². The van der Waals surface area contributed by atoms with E-state index in [4.69, 9.17) is 0 Å². The lowest BCUT2D eigenvalue weighted by Crippen LogP contribution is -2.40. The molecule has 0 aliphatic carbocycles. The van der Waals surface area contributed by atoms with Crippen molar-refractivity contribution in [1.29, 1.82) is 0 Å². The van der Waals surface area contributed by atoms with E-state index >= 15 is 0 Å². The number of para-hydroxylation sites is 1. The third-order valence-electron chi connectivity index (χ3n) is 6.48. The van der Waals surface area contributed by atoms with Gasteiger partial charge >= 0.3 is 0 Å². The Morgan fingerprint density at radius 1 is 0.862 bits per heavy atom. The van der Waals surface area contributed by atoms with Crippen LogP contribution in [0.1, 0.15) is 31.2 Å². The Balaban J connectivity index is 1.31. The lowest BCUT2D eigenvalue weighted by Gasteiger charge is -2.31. The van der Waals surface area contributed by atoms with Crippen molar-refractivity contribution in [2.75, 3.05) is 40.9 Å². The van der Waals surface area contributed by atoms with Gasteiger partial charge in [-0.15, -0.1) is 0 Å². The van der Waals surface area contributed by atoms with Gasteiger partial charge in [0.1, 0.15) is 0 Å². The van der Waals surface area contributed by atoms with Crippen molar-refractivity contribution in [1.82, 2.24) is 0 Å². The number of hydrogen-bond acceptors (Lipinski definition) is 3. The molecule has 2 amide bonds. The van der Waals surface area contributed by atoms with E-state index in [1.54, 1.807) is 4.90 Å². The highest BCUT2D eigenvalue weighted by atomic mass is 16.2. The molecule has 0 bridgehead atoms. The summed E-state index contributed by atoms with van der Waals surface area (Å²) in [7, 11) is 0. The molecule has 1 unspecified atom stereocenters. The summed E-state index contributed by atoms with van der Waals surface area (Å²) in [5, 5.41) is 0. The first-order chi connectivity index (χ1) is 14.2. The van der Waals surface area contributed by atoms with Gasteiger partial charge in [-0.05, 0) is 61.6 Å². The smallest absolute Gasteiger partial charge is 0.232 e. The Morgan fingerprint density at radius 3 is 2.38 bits per heavy atom. The molecule has 1 atom stereocenters. The molecule has 29 heavy (non-hydrogen) atoms. The molecule has 3 heterocycles. The molecule has 5 heteroatoms. The Hall–Kier alpha value is -2.82. The predicted molar refractivity (Wildman–Crippen MR) is 115 cm³/mol. The topological polar surface area (TPSA) is 43.9 Å². The summed E-state index contributed by atoms with van der Waals surface area (Å²) in [6.07, 6.45) is 4.78. The number of aryl methyl sites for hydroxylation is 1. The van der Waals surface area contributed by atoms with Gasteiger partial charge in [-0.1, -0.05) is 18.2 Å². The van der Waals surface area contributed by atoms with Gasteiger partial charge in [-0.2, -0.15) is 0 Å². The number of rotatable bonds is 3. The summed E-state index contributed by atoms with van der Waals surface area (Å²) in [6, 6.07) is 16.4. The van der Waals surface area contributed by atoms with Crippen molar-refractivity contribution in [3.63, 3.8) is 0 Å². The summed E-state index contributed by atoms with van der Waals surface area (Å²) in [5.74, 6) is -0.142. The maximum Gasteiger partial charge on any atom is 0.232 e. The molecular formula is C24H27N3O2. The number of benzene rings is 2. The normalized spacial score (nSPS) is 21.6. The molecule has 0 radical (unpaired) electrons. The summed E-state index contributed by atoms with van der Waals surface area (Å²) >= 11 is 0. The second-order valence-corrected chi connectivity index (χ2v) is 8.34. The number of hydrogen-bond donors (Lipinski definition) is 0. The highest BCUT2D eigenvalue weighted by Gasteiger charge is 2.38. The molecule has 2 aromatic carbocycles. The highest BCUT2D eigenvalue weighted by Crippen LogP contribution is 2.32. The number of amides is 2. The molecule has 0 spiro atoms. The van der Waals surface area contributed by atoms with Gasteiger partial charge in [0.05, 0.1) is 5.92 Å². The molecule has 0 aromatic heterocycles. The van der Waals surface area contributed by atoms with Gasteiger partial charge in [-0.25, -0.2) is 0 Å². The third-order valence-corrected chi connectivity index (χ3v) is 6.48. The van der Waals surface area contributed by atoms with Gasteiger partial charge in [0.2, 0.25) is 11.8 Å². The van der Waals surface area contributed by atoms with Crippen molar-refractivity contribution in [2.24, 2.45) is 5.92 Å². The van der Waals surface area contributed by atoms with E-state index in [0.29, 0.717) is 13.0 Å². The second kappa shape index (κ2) is 7.54. The number of fused-ring (bicyclic) bond motifs is 1. The Labute approximate surface area is 171 Å². The zero-order chi connectivity index (χ0) is 19.8. The summed E-state index contributed by atoms with van der Waals surface area (Å²) in [6.45, 7) is 3.43. The molecule has 3 aliphatic rings. The van der Waals surface area contributed by atoms with Crippen LogP contribution in [-0.4, -0.2) is 38.0 Å². The summed E-state index contributed by atoms with van der Waals surface area (Å²) in [5.41, 5.74) is 4.36. The van der Waals surface area contributed by atoms with E-state index in [-0.39, 0.29) is 17.7 Å². The minimum absolute atomic E-state index is 0.0440. The average molecular weight is 389 g/mol. The second-order valence-electron chi connectivity index (χ2n) is 8.34. The van der Waals surface area contributed by atoms with E-state index in [1.807, 2.05) is 35.2 Å². The monoisotopic (exact) mass is 389 g/mol. The molecule has 150 valence electrons. The van der Waals surface area contributed by atoms with Crippen LogP contribution in [0.15, 0.2) is 48.5 Å². The van der Waals surface area contributed by atoms with Crippen LogP contribution in [0.3, 0.4) is 0 Å². The van der Waals surface area contributed by atoms with Crippen LogP contribution < -0.4 is 14.7 Å². The van der Waals surface area contributed by atoms with Gasteiger partial charge in [0, 0.05) is 49.7 Å². The first-order valence-electron chi connectivity index (χ1n) is 10.8. The van der Waals surface area contributed by atoms with Crippen molar-refractivity contribution in [3.05, 3.63) is 54.1 Å². The van der Waals surface area contributed by atoms with E-state index in [2.05, 4.69) is 23.1 Å². The Kier molecular flexibility index (Phi) is 4.74. The van der Waals surface area contributed by atoms with Crippen LogP contribution in [-0.2, 0) is 16.0 Å². The zero-order valence-corrected chi connectivity index (χ0v) is 16.7. The van der Waals surface area contributed by atoms with Crippen LogP contribution >= 0.6 is 0 Å². The molecule has 5 nitrogen and oxygen atoms in total. The molecule has 2 fully saturated rings. The number of carbonyl (C=O) groups is 2. The maximum absolute atomic E-state index is 13.3. The molecule has 3 aliphatic heterocycles.